The number of benzene rings is 1. The summed E-state index contributed by atoms with van der Waals surface area (Å²) < 4.78 is 6.01. The predicted octanol–water partition coefficient (Wildman–Crippen LogP) is 2.89. The van der Waals surface area contributed by atoms with Gasteiger partial charge in [0.05, 0.1) is 10.9 Å². The maximum atomic E-state index is 12.3. The van der Waals surface area contributed by atoms with E-state index in [9.17, 15) is 9.59 Å². The van der Waals surface area contributed by atoms with Gasteiger partial charge in [0.1, 0.15) is 11.9 Å². The highest BCUT2D eigenvalue weighted by atomic mass is 16.5. The zero-order valence-electron chi connectivity index (χ0n) is 16.2. The molecule has 150 valence electrons. The standard InChI is InChI=1S/C22H24N4O3/c27-20(12-11-19-25-18-10-4-3-9-17(18)21(28)26-19)24-14-15-6-5-13-23-22(15)29-16-7-1-2-8-16/h3-6,9-10,13,16H,1-2,7-8,11-12,14H2,(H,24,27)(H,25,26,28). The second-order valence-electron chi connectivity index (χ2n) is 7.30. The predicted molar refractivity (Wildman–Crippen MR) is 110 cm³/mol. The first-order chi connectivity index (χ1) is 14.2. The molecule has 1 aliphatic carbocycles. The lowest BCUT2D eigenvalue weighted by atomic mass is 10.2. The number of aromatic nitrogens is 3. The van der Waals surface area contributed by atoms with Crippen molar-refractivity contribution in [2.24, 2.45) is 0 Å². The van der Waals surface area contributed by atoms with Crippen molar-refractivity contribution < 1.29 is 9.53 Å². The van der Waals surface area contributed by atoms with E-state index in [4.69, 9.17) is 4.74 Å². The fraction of sp³-hybridized carbons (Fsp3) is 0.364. The van der Waals surface area contributed by atoms with Crippen LogP contribution in [-0.2, 0) is 17.8 Å². The number of pyridine rings is 1. The molecule has 1 amide bonds. The molecule has 0 atom stereocenters. The third-order valence-corrected chi connectivity index (χ3v) is 5.16. The van der Waals surface area contributed by atoms with Crippen molar-refractivity contribution in [1.29, 1.82) is 0 Å². The minimum absolute atomic E-state index is 0.114. The van der Waals surface area contributed by atoms with Gasteiger partial charge in [-0.3, -0.25) is 9.59 Å². The third kappa shape index (κ3) is 4.80. The first kappa shape index (κ1) is 19.1. The number of ether oxygens (including phenoxy) is 1. The summed E-state index contributed by atoms with van der Waals surface area (Å²) in [7, 11) is 0. The Kier molecular flexibility index (Phi) is 5.84. The second-order valence-corrected chi connectivity index (χ2v) is 7.30. The van der Waals surface area contributed by atoms with Crippen LogP contribution in [-0.4, -0.2) is 27.0 Å². The summed E-state index contributed by atoms with van der Waals surface area (Å²) in [6, 6.07) is 10.9. The Morgan fingerprint density at radius 1 is 1.17 bits per heavy atom. The van der Waals surface area contributed by atoms with Gasteiger partial charge in [0.25, 0.3) is 5.56 Å². The van der Waals surface area contributed by atoms with Crippen LogP contribution in [0.1, 0.15) is 43.5 Å². The second kappa shape index (κ2) is 8.86. The van der Waals surface area contributed by atoms with Crippen LogP contribution in [0.25, 0.3) is 10.9 Å². The molecule has 1 fully saturated rings. The van der Waals surface area contributed by atoms with E-state index in [0.717, 1.165) is 18.4 Å². The lowest BCUT2D eigenvalue weighted by molar-refractivity contribution is -0.121. The number of para-hydroxylation sites is 1. The molecule has 29 heavy (non-hydrogen) atoms. The summed E-state index contributed by atoms with van der Waals surface area (Å²) in [5.74, 6) is 0.993. The molecule has 0 bridgehead atoms. The largest absolute Gasteiger partial charge is 0.474 e. The SMILES string of the molecule is O=C(CCc1nc2ccccc2c(=O)[nH]1)NCc1cccnc1OC1CCCC1. The van der Waals surface area contributed by atoms with Crippen LogP contribution in [0.4, 0.5) is 0 Å². The van der Waals surface area contributed by atoms with Gasteiger partial charge in [-0.05, 0) is 43.9 Å². The van der Waals surface area contributed by atoms with Gasteiger partial charge in [-0.1, -0.05) is 18.2 Å². The van der Waals surface area contributed by atoms with Crippen LogP contribution in [0, 0.1) is 0 Å². The molecular formula is C22H24N4O3. The molecule has 0 aliphatic heterocycles. The number of hydrogen-bond donors (Lipinski definition) is 2. The van der Waals surface area contributed by atoms with E-state index in [1.54, 1.807) is 24.4 Å². The maximum Gasteiger partial charge on any atom is 0.258 e. The highest BCUT2D eigenvalue weighted by Gasteiger charge is 2.18. The third-order valence-electron chi connectivity index (χ3n) is 5.16. The van der Waals surface area contributed by atoms with Gasteiger partial charge in [-0.15, -0.1) is 0 Å². The Morgan fingerprint density at radius 2 is 2.00 bits per heavy atom. The van der Waals surface area contributed by atoms with Gasteiger partial charge in [0, 0.05) is 31.1 Å². The Hall–Kier alpha value is -3.22. The first-order valence-corrected chi connectivity index (χ1v) is 10.0. The molecule has 1 saturated carbocycles. The molecule has 3 aromatic rings. The van der Waals surface area contributed by atoms with Crippen molar-refractivity contribution in [1.82, 2.24) is 20.3 Å². The molecule has 2 N–H and O–H groups in total. The molecule has 0 unspecified atom stereocenters. The van der Waals surface area contributed by atoms with Gasteiger partial charge >= 0.3 is 0 Å². The Labute approximate surface area is 168 Å². The van der Waals surface area contributed by atoms with Crippen LogP contribution in [0.3, 0.4) is 0 Å². The molecular weight excluding hydrogens is 368 g/mol. The number of aromatic amines is 1. The zero-order chi connectivity index (χ0) is 20.1. The Balaban J connectivity index is 1.33. The molecule has 7 nitrogen and oxygen atoms in total. The van der Waals surface area contributed by atoms with Crippen LogP contribution in [0.5, 0.6) is 5.88 Å². The number of carbonyl (C=O) groups is 1. The maximum absolute atomic E-state index is 12.3. The summed E-state index contributed by atoms with van der Waals surface area (Å²) >= 11 is 0. The highest BCUT2D eigenvalue weighted by Crippen LogP contribution is 2.24. The van der Waals surface area contributed by atoms with Crippen molar-refractivity contribution in [2.45, 2.75) is 51.2 Å². The summed E-state index contributed by atoms with van der Waals surface area (Å²) in [4.78, 5) is 35.9. The first-order valence-electron chi connectivity index (χ1n) is 10.0. The number of nitrogens with one attached hydrogen (secondary N) is 2. The van der Waals surface area contributed by atoms with Gasteiger partial charge in [-0.25, -0.2) is 9.97 Å². The van der Waals surface area contributed by atoms with Gasteiger partial charge < -0.3 is 15.0 Å². The molecule has 1 aliphatic rings. The lowest BCUT2D eigenvalue weighted by Gasteiger charge is -2.15. The number of amides is 1. The summed E-state index contributed by atoms with van der Waals surface area (Å²) in [5.41, 5.74) is 1.32. The van der Waals surface area contributed by atoms with E-state index in [2.05, 4.69) is 20.3 Å². The molecule has 7 heteroatoms. The zero-order valence-corrected chi connectivity index (χ0v) is 16.2. The molecule has 2 heterocycles. The van der Waals surface area contributed by atoms with Crippen LogP contribution in [0.15, 0.2) is 47.4 Å². The lowest BCUT2D eigenvalue weighted by Crippen LogP contribution is -2.24. The fourth-order valence-corrected chi connectivity index (χ4v) is 3.60. The minimum atomic E-state index is -0.185. The van der Waals surface area contributed by atoms with E-state index >= 15 is 0 Å². The van der Waals surface area contributed by atoms with Crippen LogP contribution < -0.4 is 15.6 Å². The van der Waals surface area contributed by atoms with Crippen molar-refractivity contribution >= 4 is 16.8 Å². The van der Waals surface area contributed by atoms with Crippen molar-refractivity contribution in [3.05, 3.63) is 64.3 Å². The van der Waals surface area contributed by atoms with Crippen LogP contribution in [0.2, 0.25) is 0 Å². The Morgan fingerprint density at radius 3 is 2.86 bits per heavy atom. The van der Waals surface area contributed by atoms with E-state index in [1.807, 2.05) is 18.2 Å². The van der Waals surface area contributed by atoms with Gasteiger partial charge in [0.15, 0.2) is 0 Å². The summed E-state index contributed by atoms with van der Waals surface area (Å²) in [5, 5.41) is 3.46. The molecule has 2 aromatic heterocycles. The topological polar surface area (TPSA) is 97.0 Å². The van der Waals surface area contributed by atoms with Crippen molar-refractivity contribution in [2.75, 3.05) is 0 Å². The molecule has 0 spiro atoms. The number of aryl methyl sites for hydroxylation is 1. The Bertz CT molecular complexity index is 1060. The van der Waals surface area contributed by atoms with E-state index in [-0.39, 0.29) is 24.0 Å². The minimum Gasteiger partial charge on any atom is -0.474 e. The van der Waals surface area contributed by atoms with E-state index < -0.39 is 0 Å². The smallest absolute Gasteiger partial charge is 0.258 e. The highest BCUT2D eigenvalue weighted by molar-refractivity contribution is 5.78. The molecule has 1 aromatic carbocycles. The molecule has 0 radical (unpaired) electrons. The van der Waals surface area contributed by atoms with Crippen LogP contribution >= 0.6 is 0 Å². The van der Waals surface area contributed by atoms with Gasteiger partial charge in [-0.2, -0.15) is 0 Å². The normalized spacial score (nSPS) is 14.2. The number of carbonyl (C=O) groups excluding carboxylic acids is 1. The average Bonchev–Trinajstić information content (AvgIpc) is 3.25. The van der Waals surface area contributed by atoms with Crippen molar-refractivity contribution in [3.63, 3.8) is 0 Å². The number of rotatable bonds is 7. The molecule has 4 rings (SSSR count). The number of nitrogens with zero attached hydrogens (tertiary/aromatic N) is 2. The summed E-state index contributed by atoms with van der Waals surface area (Å²) in [6.07, 6.45) is 7.01. The number of fused-ring (bicyclic) bond motifs is 1. The fourth-order valence-electron chi connectivity index (χ4n) is 3.60. The average molecular weight is 392 g/mol. The van der Waals surface area contributed by atoms with Gasteiger partial charge in [0.2, 0.25) is 11.8 Å². The van der Waals surface area contributed by atoms with E-state index in [0.29, 0.717) is 35.6 Å². The quantitative estimate of drug-likeness (QED) is 0.644. The van der Waals surface area contributed by atoms with E-state index in [1.165, 1.54) is 12.8 Å². The summed E-state index contributed by atoms with van der Waals surface area (Å²) in [6.45, 7) is 0.358. The number of H-pyrrole nitrogens is 1. The molecule has 0 saturated heterocycles. The van der Waals surface area contributed by atoms with Crippen molar-refractivity contribution in [3.8, 4) is 5.88 Å². The number of hydrogen-bond acceptors (Lipinski definition) is 5. The monoisotopic (exact) mass is 392 g/mol.